The van der Waals surface area contributed by atoms with Crippen LogP contribution >= 0.6 is 0 Å². The third-order valence-electron chi connectivity index (χ3n) is 5.46. The van der Waals surface area contributed by atoms with Crippen LogP contribution in [0.3, 0.4) is 0 Å². The third-order valence-corrected chi connectivity index (χ3v) is 5.46. The quantitative estimate of drug-likeness (QED) is 0.750. The van der Waals surface area contributed by atoms with Gasteiger partial charge >= 0.3 is 0 Å². The lowest BCUT2D eigenvalue weighted by Crippen LogP contribution is -2.30. The van der Waals surface area contributed by atoms with Crippen molar-refractivity contribution >= 4 is 0 Å². The van der Waals surface area contributed by atoms with E-state index in [1.807, 2.05) is 0 Å². The van der Waals surface area contributed by atoms with E-state index in [0.29, 0.717) is 5.92 Å². The van der Waals surface area contributed by atoms with E-state index in [1.165, 1.54) is 62.6 Å². The van der Waals surface area contributed by atoms with E-state index in [9.17, 15) is 0 Å². The standard InChI is InChI=1S/C20H31N/c1-15(2)17-9-7-16(8-10-17)13-19(14-21-20-11-12-20)18-5-3-4-6-18/h7-10,15,18-21H,3-6,11-14H2,1-2H3. The van der Waals surface area contributed by atoms with Crippen LogP contribution in [0.5, 0.6) is 0 Å². The summed E-state index contributed by atoms with van der Waals surface area (Å²) in [6.45, 7) is 5.78. The summed E-state index contributed by atoms with van der Waals surface area (Å²) in [5.41, 5.74) is 3.00. The van der Waals surface area contributed by atoms with Crippen LogP contribution in [-0.4, -0.2) is 12.6 Å². The molecule has 1 N–H and O–H groups in total. The summed E-state index contributed by atoms with van der Waals surface area (Å²) < 4.78 is 0. The van der Waals surface area contributed by atoms with Crippen molar-refractivity contribution in [2.24, 2.45) is 11.8 Å². The van der Waals surface area contributed by atoms with Crippen LogP contribution in [0.15, 0.2) is 24.3 Å². The molecule has 1 nitrogen and oxygen atoms in total. The van der Waals surface area contributed by atoms with Gasteiger partial charge in [-0.05, 0) is 54.7 Å². The van der Waals surface area contributed by atoms with Crippen molar-refractivity contribution in [3.8, 4) is 0 Å². The van der Waals surface area contributed by atoms with Crippen molar-refractivity contribution in [2.75, 3.05) is 6.54 Å². The second-order valence-corrected chi connectivity index (χ2v) is 7.59. The van der Waals surface area contributed by atoms with Crippen LogP contribution in [0.2, 0.25) is 0 Å². The Bertz CT molecular complexity index is 424. The maximum atomic E-state index is 3.78. The minimum absolute atomic E-state index is 0.640. The Morgan fingerprint density at radius 3 is 2.24 bits per heavy atom. The number of hydrogen-bond donors (Lipinski definition) is 1. The van der Waals surface area contributed by atoms with Crippen LogP contribution in [0.1, 0.15) is 69.4 Å². The summed E-state index contributed by atoms with van der Waals surface area (Å²) in [7, 11) is 0. The second kappa shape index (κ2) is 6.96. The zero-order chi connectivity index (χ0) is 14.7. The molecule has 0 saturated heterocycles. The monoisotopic (exact) mass is 285 g/mol. The van der Waals surface area contributed by atoms with Crippen LogP contribution in [0.25, 0.3) is 0 Å². The first-order valence-corrected chi connectivity index (χ1v) is 9.04. The van der Waals surface area contributed by atoms with Gasteiger partial charge in [0.05, 0.1) is 0 Å². The molecule has 1 heteroatoms. The minimum atomic E-state index is 0.640. The molecule has 1 atom stereocenters. The Morgan fingerprint density at radius 1 is 1.00 bits per heavy atom. The summed E-state index contributed by atoms with van der Waals surface area (Å²) in [4.78, 5) is 0. The van der Waals surface area contributed by atoms with Crippen molar-refractivity contribution in [2.45, 2.75) is 70.8 Å². The largest absolute Gasteiger partial charge is 0.314 e. The summed E-state index contributed by atoms with van der Waals surface area (Å²) in [5, 5.41) is 3.78. The van der Waals surface area contributed by atoms with E-state index in [1.54, 1.807) is 0 Å². The van der Waals surface area contributed by atoms with Gasteiger partial charge in [-0.1, -0.05) is 63.8 Å². The van der Waals surface area contributed by atoms with Crippen molar-refractivity contribution in [3.63, 3.8) is 0 Å². The first-order valence-electron chi connectivity index (χ1n) is 9.04. The van der Waals surface area contributed by atoms with Gasteiger partial charge in [-0.3, -0.25) is 0 Å². The van der Waals surface area contributed by atoms with E-state index in [2.05, 4.69) is 43.4 Å². The Labute approximate surface area is 130 Å². The molecule has 21 heavy (non-hydrogen) atoms. The van der Waals surface area contributed by atoms with Crippen molar-refractivity contribution in [3.05, 3.63) is 35.4 Å². The molecule has 3 rings (SSSR count). The lowest BCUT2D eigenvalue weighted by atomic mass is 9.85. The molecule has 1 unspecified atom stereocenters. The average molecular weight is 285 g/mol. The molecule has 0 bridgehead atoms. The molecular weight excluding hydrogens is 254 g/mol. The van der Waals surface area contributed by atoms with E-state index in [-0.39, 0.29) is 0 Å². The van der Waals surface area contributed by atoms with Gasteiger partial charge in [0.2, 0.25) is 0 Å². The van der Waals surface area contributed by atoms with E-state index in [4.69, 9.17) is 0 Å². The number of nitrogens with one attached hydrogen (secondary N) is 1. The molecule has 2 saturated carbocycles. The van der Waals surface area contributed by atoms with Crippen LogP contribution in [0.4, 0.5) is 0 Å². The summed E-state index contributed by atoms with van der Waals surface area (Å²) in [5.74, 6) is 2.44. The van der Waals surface area contributed by atoms with Gasteiger partial charge in [0, 0.05) is 6.04 Å². The molecule has 2 aliphatic carbocycles. The maximum absolute atomic E-state index is 3.78. The molecule has 0 amide bonds. The van der Waals surface area contributed by atoms with E-state index < -0.39 is 0 Å². The molecule has 0 aromatic heterocycles. The average Bonchev–Trinajstić information content (AvgIpc) is 3.15. The highest BCUT2D eigenvalue weighted by molar-refractivity contribution is 5.25. The smallest absolute Gasteiger partial charge is 0.00683 e. The predicted octanol–water partition coefficient (Wildman–Crippen LogP) is 4.91. The predicted molar refractivity (Wildman–Crippen MR) is 90.7 cm³/mol. The molecule has 1 aromatic carbocycles. The molecule has 1 aromatic rings. The normalized spacial score (nSPS) is 21.1. The molecule has 2 aliphatic rings. The van der Waals surface area contributed by atoms with Gasteiger partial charge < -0.3 is 5.32 Å². The van der Waals surface area contributed by atoms with Gasteiger partial charge in [-0.15, -0.1) is 0 Å². The highest BCUT2D eigenvalue weighted by Gasteiger charge is 2.28. The number of rotatable bonds is 7. The third kappa shape index (κ3) is 4.32. The fraction of sp³-hybridized carbons (Fsp3) is 0.700. The first-order chi connectivity index (χ1) is 10.2. The topological polar surface area (TPSA) is 12.0 Å². The number of hydrogen-bond acceptors (Lipinski definition) is 1. The van der Waals surface area contributed by atoms with Crippen molar-refractivity contribution < 1.29 is 0 Å². The van der Waals surface area contributed by atoms with E-state index in [0.717, 1.165) is 17.9 Å². The van der Waals surface area contributed by atoms with Gasteiger partial charge in [0.25, 0.3) is 0 Å². The van der Waals surface area contributed by atoms with Crippen molar-refractivity contribution in [1.82, 2.24) is 5.32 Å². The number of benzene rings is 1. The first kappa shape index (κ1) is 15.1. The Hall–Kier alpha value is -0.820. The van der Waals surface area contributed by atoms with Crippen LogP contribution < -0.4 is 5.32 Å². The Balaban J connectivity index is 1.61. The SMILES string of the molecule is CC(C)c1ccc(CC(CNC2CC2)C2CCCC2)cc1. The second-order valence-electron chi connectivity index (χ2n) is 7.59. The van der Waals surface area contributed by atoms with Crippen LogP contribution in [-0.2, 0) is 6.42 Å². The molecule has 0 spiro atoms. The molecule has 2 fully saturated rings. The molecule has 0 radical (unpaired) electrons. The highest BCUT2D eigenvalue weighted by atomic mass is 14.9. The van der Waals surface area contributed by atoms with Crippen LogP contribution in [0, 0.1) is 11.8 Å². The minimum Gasteiger partial charge on any atom is -0.314 e. The lowest BCUT2D eigenvalue weighted by Gasteiger charge is -2.24. The van der Waals surface area contributed by atoms with Gasteiger partial charge in [-0.2, -0.15) is 0 Å². The molecule has 0 aliphatic heterocycles. The van der Waals surface area contributed by atoms with Gasteiger partial charge in [0.1, 0.15) is 0 Å². The zero-order valence-corrected chi connectivity index (χ0v) is 13.8. The van der Waals surface area contributed by atoms with Gasteiger partial charge in [-0.25, -0.2) is 0 Å². The highest BCUT2D eigenvalue weighted by Crippen LogP contribution is 2.34. The lowest BCUT2D eigenvalue weighted by molar-refractivity contribution is 0.320. The molecular formula is C20H31N. The summed E-state index contributed by atoms with van der Waals surface area (Å²) in [6, 6.07) is 10.3. The summed E-state index contributed by atoms with van der Waals surface area (Å²) >= 11 is 0. The fourth-order valence-electron chi connectivity index (χ4n) is 3.78. The van der Waals surface area contributed by atoms with E-state index >= 15 is 0 Å². The fourth-order valence-corrected chi connectivity index (χ4v) is 3.78. The Kier molecular flexibility index (Phi) is 5.00. The Morgan fingerprint density at radius 2 is 1.67 bits per heavy atom. The van der Waals surface area contributed by atoms with Crippen molar-refractivity contribution in [1.29, 1.82) is 0 Å². The molecule has 0 heterocycles. The molecule has 116 valence electrons. The summed E-state index contributed by atoms with van der Waals surface area (Å²) in [6.07, 6.45) is 9.90. The van der Waals surface area contributed by atoms with Gasteiger partial charge in [0.15, 0.2) is 0 Å². The maximum Gasteiger partial charge on any atom is 0.00683 e. The zero-order valence-electron chi connectivity index (χ0n) is 13.8.